The normalized spacial score (nSPS) is 16.4. The van der Waals surface area contributed by atoms with E-state index in [4.69, 9.17) is 20.0 Å². The SMILES string of the molecule is COc1ccc(OC)c2c1C(=NC#N)C=CC2=NC#N. The first kappa shape index (κ1) is 13.3. The molecule has 0 atom stereocenters. The molecule has 0 amide bonds. The van der Waals surface area contributed by atoms with Gasteiger partial charge in [-0.2, -0.15) is 20.5 Å². The number of benzene rings is 1. The van der Waals surface area contributed by atoms with Gasteiger partial charge in [-0.3, -0.25) is 0 Å². The van der Waals surface area contributed by atoms with Crippen molar-refractivity contribution in [2.24, 2.45) is 9.98 Å². The van der Waals surface area contributed by atoms with E-state index in [2.05, 4.69) is 9.98 Å². The minimum Gasteiger partial charge on any atom is -0.496 e. The maximum absolute atomic E-state index is 8.78. The Labute approximate surface area is 115 Å². The molecule has 6 heteroatoms. The predicted octanol–water partition coefficient (Wildman–Crippen LogP) is 1.81. The second kappa shape index (κ2) is 5.68. The topological polar surface area (TPSA) is 90.8 Å². The summed E-state index contributed by atoms with van der Waals surface area (Å²) in [5.41, 5.74) is 2.06. The molecule has 0 aliphatic heterocycles. The monoisotopic (exact) mass is 266 g/mol. The Morgan fingerprint density at radius 2 is 1.25 bits per heavy atom. The smallest absolute Gasteiger partial charge is 0.206 e. The zero-order valence-corrected chi connectivity index (χ0v) is 10.9. The number of allylic oxidation sites excluding steroid dienone is 2. The van der Waals surface area contributed by atoms with Gasteiger partial charge in [-0.05, 0) is 24.3 Å². The van der Waals surface area contributed by atoms with Gasteiger partial charge in [-0.1, -0.05) is 0 Å². The van der Waals surface area contributed by atoms with Crippen LogP contribution in [0.25, 0.3) is 0 Å². The van der Waals surface area contributed by atoms with Gasteiger partial charge in [0.1, 0.15) is 11.5 Å². The molecular weight excluding hydrogens is 256 g/mol. The highest BCUT2D eigenvalue weighted by Gasteiger charge is 2.24. The molecule has 1 aromatic rings. The van der Waals surface area contributed by atoms with Crippen LogP contribution in [0.1, 0.15) is 11.1 Å². The minimum atomic E-state index is 0.440. The molecule has 1 aliphatic carbocycles. The molecule has 2 rings (SSSR count). The third kappa shape index (κ3) is 2.11. The average molecular weight is 266 g/mol. The Hall–Kier alpha value is -3.12. The van der Waals surface area contributed by atoms with Gasteiger partial charge in [0, 0.05) is 0 Å². The first-order valence-electron chi connectivity index (χ1n) is 5.64. The molecule has 0 radical (unpaired) electrons. The molecule has 98 valence electrons. The minimum absolute atomic E-state index is 0.440. The van der Waals surface area contributed by atoms with Gasteiger partial charge in [0.2, 0.25) is 12.4 Å². The fourth-order valence-electron chi connectivity index (χ4n) is 2.03. The lowest BCUT2D eigenvalue weighted by molar-refractivity contribution is 0.401. The third-order valence-corrected chi connectivity index (χ3v) is 2.82. The lowest BCUT2D eigenvalue weighted by Crippen LogP contribution is -2.16. The van der Waals surface area contributed by atoms with Crippen molar-refractivity contribution in [1.29, 1.82) is 10.5 Å². The van der Waals surface area contributed by atoms with E-state index in [1.165, 1.54) is 14.2 Å². The molecule has 6 nitrogen and oxygen atoms in total. The number of nitrogens with zero attached hydrogens (tertiary/aromatic N) is 4. The summed E-state index contributed by atoms with van der Waals surface area (Å²) in [6.07, 6.45) is 6.73. The van der Waals surface area contributed by atoms with E-state index in [0.29, 0.717) is 34.0 Å². The van der Waals surface area contributed by atoms with Crippen LogP contribution in [0.4, 0.5) is 0 Å². The Morgan fingerprint density at radius 1 is 0.850 bits per heavy atom. The maximum Gasteiger partial charge on any atom is 0.206 e. The van der Waals surface area contributed by atoms with Crippen LogP contribution in [0.2, 0.25) is 0 Å². The number of hydrogen-bond donors (Lipinski definition) is 0. The second-order valence-electron chi connectivity index (χ2n) is 3.75. The fourth-order valence-corrected chi connectivity index (χ4v) is 2.03. The lowest BCUT2D eigenvalue weighted by Gasteiger charge is -2.19. The van der Waals surface area contributed by atoms with E-state index in [9.17, 15) is 0 Å². The van der Waals surface area contributed by atoms with Gasteiger partial charge in [0.05, 0.1) is 36.8 Å². The average Bonchev–Trinajstić information content (AvgIpc) is 2.48. The molecule has 0 saturated carbocycles. The van der Waals surface area contributed by atoms with Gasteiger partial charge >= 0.3 is 0 Å². The van der Waals surface area contributed by atoms with Crippen molar-refractivity contribution in [1.82, 2.24) is 0 Å². The van der Waals surface area contributed by atoms with Crippen molar-refractivity contribution in [2.45, 2.75) is 0 Å². The van der Waals surface area contributed by atoms with Crippen molar-refractivity contribution in [3.8, 4) is 23.9 Å². The molecule has 0 spiro atoms. The molecule has 0 N–H and O–H groups in total. The molecule has 1 aliphatic rings. The lowest BCUT2D eigenvalue weighted by atomic mass is 9.91. The van der Waals surface area contributed by atoms with Crippen molar-refractivity contribution < 1.29 is 9.47 Å². The number of nitriles is 2. The summed E-state index contributed by atoms with van der Waals surface area (Å²) in [5.74, 6) is 1.06. The number of rotatable bonds is 2. The number of methoxy groups -OCH3 is 2. The summed E-state index contributed by atoms with van der Waals surface area (Å²) in [6, 6.07) is 3.43. The summed E-state index contributed by atoms with van der Waals surface area (Å²) in [7, 11) is 3.04. The molecule has 1 aromatic carbocycles. The Kier molecular flexibility index (Phi) is 3.78. The van der Waals surface area contributed by atoms with Crippen LogP contribution in [0, 0.1) is 22.9 Å². The zero-order chi connectivity index (χ0) is 14.5. The van der Waals surface area contributed by atoms with Crippen LogP contribution in [0.5, 0.6) is 11.5 Å². The van der Waals surface area contributed by atoms with Gasteiger partial charge < -0.3 is 9.47 Å². The molecule has 0 saturated heterocycles. The van der Waals surface area contributed by atoms with Gasteiger partial charge in [0.25, 0.3) is 0 Å². The third-order valence-electron chi connectivity index (χ3n) is 2.82. The Bertz CT molecular complexity index is 657. The van der Waals surface area contributed by atoms with Crippen molar-refractivity contribution in [3.63, 3.8) is 0 Å². The van der Waals surface area contributed by atoms with Gasteiger partial charge in [-0.15, -0.1) is 0 Å². The van der Waals surface area contributed by atoms with Crippen LogP contribution in [0.3, 0.4) is 0 Å². The standard InChI is InChI=1S/C14H10N4O2/c1-19-11-5-6-12(20-2)14-10(18-8-16)4-3-9(13(11)14)17-7-15/h3-6H,1-2H3. The highest BCUT2D eigenvalue weighted by Crippen LogP contribution is 2.34. The number of aliphatic imine (C=N–C) groups is 2. The maximum atomic E-state index is 8.78. The summed E-state index contributed by atoms with van der Waals surface area (Å²) < 4.78 is 10.6. The van der Waals surface area contributed by atoms with Crippen LogP contribution in [0.15, 0.2) is 34.3 Å². The predicted molar refractivity (Wildman–Crippen MR) is 73.0 cm³/mol. The van der Waals surface area contributed by atoms with E-state index in [1.807, 2.05) is 0 Å². The molecular formula is C14H10N4O2. The molecule has 20 heavy (non-hydrogen) atoms. The van der Waals surface area contributed by atoms with Gasteiger partial charge in [-0.25, -0.2) is 0 Å². The van der Waals surface area contributed by atoms with Crippen LogP contribution in [-0.2, 0) is 0 Å². The van der Waals surface area contributed by atoms with Crippen LogP contribution < -0.4 is 9.47 Å². The Morgan fingerprint density at radius 3 is 1.55 bits per heavy atom. The Balaban J connectivity index is 2.85. The first-order valence-corrected chi connectivity index (χ1v) is 5.64. The number of ether oxygens (including phenoxy) is 2. The zero-order valence-electron chi connectivity index (χ0n) is 10.9. The van der Waals surface area contributed by atoms with Crippen molar-refractivity contribution >= 4 is 11.4 Å². The summed E-state index contributed by atoms with van der Waals surface area (Å²) >= 11 is 0. The van der Waals surface area contributed by atoms with Crippen molar-refractivity contribution in [3.05, 3.63) is 35.4 Å². The molecule has 0 aromatic heterocycles. The summed E-state index contributed by atoms with van der Waals surface area (Å²) in [6.45, 7) is 0. The van der Waals surface area contributed by atoms with E-state index in [1.54, 1.807) is 36.7 Å². The molecule has 0 fully saturated rings. The highest BCUT2D eigenvalue weighted by molar-refractivity contribution is 6.28. The largest absolute Gasteiger partial charge is 0.496 e. The van der Waals surface area contributed by atoms with E-state index in [-0.39, 0.29) is 0 Å². The van der Waals surface area contributed by atoms with E-state index >= 15 is 0 Å². The summed E-state index contributed by atoms with van der Waals surface area (Å²) in [5, 5.41) is 17.6. The van der Waals surface area contributed by atoms with Crippen LogP contribution in [-0.4, -0.2) is 25.6 Å². The molecule has 0 unspecified atom stereocenters. The number of fused-ring (bicyclic) bond motifs is 1. The number of hydrogen-bond acceptors (Lipinski definition) is 6. The molecule has 0 heterocycles. The van der Waals surface area contributed by atoms with Crippen molar-refractivity contribution in [2.75, 3.05) is 14.2 Å². The van der Waals surface area contributed by atoms with E-state index in [0.717, 1.165) is 0 Å². The second-order valence-corrected chi connectivity index (χ2v) is 3.75. The fraction of sp³-hybridized carbons (Fsp3) is 0.143. The first-order chi connectivity index (χ1) is 9.76. The van der Waals surface area contributed by atoms with Crippen LogP contribution >= 0.6 is 0 Å². The quantitative estimate of drug-likeness (QED) is 0.763. The van der Waals surface area contributed by atoms with Gasteiger partial charge in [0.15, 0.2) is 0 Å². The van der Waals surface area contributed by atoms with E-state index < -0.39 is 0 Å². The summed E-state index contributed by atoms with van der Waals surface area (Å²) in [4.78, 5) is 7.53. The molecule has 0 bridgehead atoms. The highest BCUT2D eigenvalue weighted by atomic mass is 16.5.